The zero-order valence-electron chi connectivity index (χ0n) is 10.1. The molecular formula is C15H18O2. The molecule has 0 atom stereocenters. The molecule has 17 heavy (non-hydrogen) atoms. The van der Waals surface area contributed by atoms with Crippen LogP contribution in [0.5, 0.6) is 11.5 Å². The Balaban J connectivity index is 2.40. The van der Waals surface area contributed by atoms with Crippen LogP contribution in [-0.2, 0) is 6.42 Å². The van der Waals surface area contributed by atoms with Crippen molar-refractivity contribution in [2.75, 3.05) is 0 Å². The van der Waals surface area contributed by atoms with Gasteiger partial charge in [-0.05, 0) is 24.5 Å². The van der Waals surface area contributed by atoms with E-state index in [1.54, 1.807) is 6.07 Å². The molecule has 0 heterocycles. The number of hydrogen-bond acceptors (Lipinski definition) is 2. The Labute approximate surface area is 102 Å². The minimum Gasteiger partial charge on any atom is -0.507 e. The monoisotopic (exact) mass is 230 g/mol. The Morgan fingerprint density at radius 1 is 1.00 bits per heavy atom. The summed E-state index contributed by atoms with van der Waals surface area (Å²) in [6.45, 7) is 2.15. The van der Waals surface area contributed by atoms with Gasteiger partial charge in [0.1, 0.15) is 11.5 Å². The van der Waals surface area contributed by atoms with E-state index in [-0.39, 0.29) is 5.75 Å². The lowest BCUT2D eigenvalue weighted by atomic mass is 10.00. The smallest absolute Gasteiger partial charge is 0.126 e. The van der Waals surface area contributed by atoms with Crippen LogP contribution in [0.15, 0.2) is 30.3 Å². The second-order valence-corrected chi connectivity index (χ2v) is 4.41. The van der Waals surface area contributed by atoms with Crippen LogP contribution in [0.1, 0.15) is 31.7 Å². The molecule has 0 bridgehead atoms. The summed E-state index contributed by atoms with van der Waals surface area (Å²) in [6.07, 6.45) is 4.16. The molecule has 0 saturated heterocycles. The van der Waals surface area contributed by atoms with Crippen molar-refractivity contribution < 1.29 is 10.2 Å². The maximum Gasteiger partial charge on any atom is 0.126 e. The number of unbranched alkanes of at least 4 members (excludes halogenated alkanes) is 2. The predicted octanol–water partition coefficient (Wildman–Crippen LogP) is 3.98. The fraction of sp³-hybridized carbons (Fsp3) is 0.333. The van der Waals surface area contributed by atoms with Gasteiger partial charge >= 0.3 is 0 Å². The van der Waals surface area contributed by atoms with Gasteiger partial charge in [-0.15, -0.1) is 0 Å². The number of hydrogen-bond donors (Lipinski definition) is 2. The summed E-state index contributed by atoms with van der Waals surface area (Å²) in [5, 5.41) is 21.5. The maximum absolute atomic E-state index is 10.2. The van der Waals surface area contributed by atoms with Crippen molar-refractivity contribution in [2.45, 2.75) is 32.6 Å². The van der Waals surface area contributed by atoms with Gasteiger partial charge in [0.25, 0.3) is 0 Å². The number of aryl methyl sites for hydroxylation is 1. The first-order chi connectivity index (χ1) is 8.24. The Morgan fingerprint density at radius 3 is 2.41 bits per heavy atom. The summed E-state index contributed by atoms with van der Waals surface area (Å²) in [4.78, 5) is 0. The molecule has 2 heteroatoms. The number of phenolic OH excluding ortho intramolecular Hbond substituents is 2. The summed E-state index contributed by atoms with van der Waals surface area (Å²) < 4.78 is 0. The van der Waals surface area contributed by atoms with Crippen LogP contribution >= 0.6 is 0 Å². The van der Waals surface area contributed by atoms with Gasteiger partial charge in [-0.25, -0.2) is 0 Å². The van der Waals surface area contributed by atoms with Gasteiger partial charge < -0.3 is 10.2 Å². The number of phenols is 2. The highest BCUT2D eigenvalue weighted by Crippen LogP contribution is 2.35. The van der Waals surface area contributed by atoms with Gasteiger partial charge in [0.2, 0.25) is 0 Å². The molecule has 2 rings (SSSR count). The van der Waals surface area contributed by atoms with E-state index in [1.165, 1.54) is 0 Å². The van der Waals surface area contributed by atoms with E-state index in [0.717, 1.165) is 36.6 Å². The lowest BCUT2D eigenvalue weighted by Gasteiger charge is -2.09. The minimum absolute atomic E-state index is 0.255. The number of aromatic hydroxyl groups is 2. The van der Waals surface area contributed by atoms with Crippen molar-refractivity contribution >= 4 is 10.8 Å². The third kappa shape index (κ3) is 2.36. The van der Waals surface area contributed by atoms with Gasteiger partial charge in [0.05, 0.1) is 0 Å². The molecule has 2 N–H and O–H groups in total. The first-order valence-corrected chi connectivity index (χ1v) is 6.16. The molecule has 0 fully saturated rings. The molecule has 0 unspecified atom stereocenters. The van der Waals surface area contributed by atoms with Crippen molar-refractivity contribution in [2.24, 2.45) is 0 Å². The van der Waals surface area contributed by atoms with Crippen molar-refractivity contribution in [3.05, 3.63) is 35.9 Å². The van der Waals surface area contributed by atoms with E-state index >= 15 is 0 Å². The molecule has 2 aromatic carbocycles. The molecular weight excluding hydrogens is 212 g/mol. The van der Waals surface area contributed by atoms with E-state index in [9.17, 15) is 10.2 Å². The van der Waals surface area contributed by atoms with Gasteiger partial charge in [0, 0.05) is 10.8 Å². The zero-order chi connectivity index (χ0) is 12.3. The third-order valence-corrected chi connectivity index (χ3v) is 3.12. The molecule has 0 radical (unpaired) electrons. The highest BCUT2D eigenvalue weighted by Gasteiger charge is 2.09. The molecule has 0 saturated carbocycles. The van der Waals surface area contributed by atoms with Crippen LogP contribution in [-0.4, -0.2) is 10.2 Å². The van der Waals surface area contributed by atoms with E-state index in [2.05, 4.69) is 6.92 Å². The maximum atomic E-state index is 10.2. The molecule has 0 aliphatic rings. The zero-order valence-corrected chi connectivity index (χ0v) is 10.1. The van der Waals surface area contributed by atoms with Crippen LogP contribution in [0.2, 0.25) is 0 Å². The largest absolute Gasteiger partial charge is 0.507 e. The van der Waals surface area contributed by atoms with Crippen molar-refractivity contribution in [1.82, 2.24) is 0 Å². The summed E-state index contributed by atoms with van der Waals surface area (Å²) in [5.74, 6) is 0.569. The molecule has 0 aliphatic carbocycles. The van der Waals surface area contributed by atoms with Crippen molar-refractivity contribution in [1.29, 1.82) is 0 Å². The normalized spacial score (nSPS) is 10.9. The Hall–Kier alpha value is -1.70. The Bertz CT molecular complexity index is 518. The summed E-state index contributed by atoms with van der Waals surface area (Å²) in [5.41, 5.74) is 0.842. The molecule has 2 nitrogen and oxygen atoms in total. The highest BCUT2D eigenvalue weighted by atomic mass is 16.3. The third-order valence-electron chi connectivity index (χ3n) is 3.12. The Morgan fingerprint density at radius 2 is 1.71 bits per heavy atom. The van der Waals surface area contributed by atoms with Crippen molar-refractivity contribution in [3.63, 3.8) is 0 Å². The first-order valence-electron chi connectivity index (χ1n) is 6.16. The van der Waals surface area contributed by atoms with E-state index in [1.807, 2.05) is 24.3 Å². The second kappa shape index (κ2) is 5.09. The first kappa shape index (κ1) is 11.8. The Kier molecular flexibility index (Phi) is 3.52. The minimum atomic E-state index is 0.255. The van der Waals surface area contributed by atoms with Crippen molar-refractivity contribution in [3.8, 4) is 11.5 Å². The standard InChI is InChI=1S/C15H18O2/c1-2-3-4-7-11-10-14(16)12-8-5-6-9-13(12)15(11)17/h5-6,8-10,16-17H,2-4,7H2,1H3. The second-order valence-electron chi connectivity index (χ2n) is 4.41. The van der Waals surface area contributed by atoms with Crippen LogP contribution < -0.4 is 0 Å². The lowest BCUT2D eigenvalue weighted by Crippen LogP contribution is -1.88. The van der Waals surface area contributed by atoms with Gasteiger partial charge in [-0.3, -0.25) is 0 Å². The topological polar surface area (TPSA) is 40.5 Å². The van der Waals surface area contributed by atoms with Crippen LogP contribution in [0.25, 0.3) is 10.8 Å². The molecule has 0 spiro atoms. The fourth-order valence-corrected chi connectivity index (χ4v) is 2.15. The average molecular weight is 230 g/mol. The SMILES string of the molecule is CCCCCc1cc(O)c2ccccc2c1O. The summed E-state index contributed by atoms with van der Waals surface area (Å²) in [7, 11) is 0. The number of rotatable bonds is 4. The average Bonchev–Trinajstić information content (AvgIpc) is 2.36. The number of fused-ring (bicyclic) bond motifs is 1. The molecule has 0 amide bonds. The van der Waals surface area contributed by atoms with Gasteiger partial charge in [-0.1, -0.05) is 44.0 Å². The predicted molar refractivity (Wildman–Crippen MR) is 70.5 cm³/mol. The highest BCUT2D eigenvalue weighted by molar-refractivity contribution is 5.93. The summed E-state index contributed by atoms with van der Waals surface area (Å²) >= 11 is 0. The van der Waals surface area contributed by atoms with E-state index in [0.29, 0.717) is 11.1 Å². The molecule has 2 aromatic rings. The summed E-state index contributed by atoms with van der Waals surface area (Å²) in [6, 6.07) is 9.08. The van der Waals surface area contributed by atoms with E-state index < -0.39 is 0 Å². The molecule has 0 aliphatic heterocycles. The quantitative estimate of drug-likeness (QED) is 0.616. The molecule has 90 valence electrons. The fourth-order valence-electron chi connectivity index (χ4n) is 2.15. The van der Waals surface area contributed by atoms with Gasteiger partial charge in [0.15, 0.2) is 0 Å². The molecule has 0 aromatic heterocycles. The van der Waals surface area contributed by atoms with E-state index in [4.69, 9.17) is 0 Å². The number of benzene rings is 2. The van der Waals surface area contributed by atoms with Crippen LogP contribution in [0, 0.1) is 0 Å². The lowest BCUT2D eigenvalue weighted by molar-refractivity contribution is 0.462. The van der Waals surface area contributed by atoms with Gasteiger partial charge in [-0.2, -0.15) is 0 Å². The van der Waals surface area contributed by atoms with Crippen LogP contribution in [0.3, 0.4) is 0 Å². The van der Waals surface area contributed by atoms with Crippen LogP contribution in [0.4, 0.5) is 0 Å².